The van der Waals surface area contributed by atoms with Gasteiger partial charge in [-0.25, -0.2) is 0 Å². The van der Waals surface area contributed by atoms with Crippen LogP contribution in [-0.4, -0.2) is 46.4 Å². The Balaban J connectivity index is 1.93. The summed E-state index contributed by atoms with van der Waals surface area (Å²) < 4.78 is 0. The molecule has 1 aliphatic heterocycles. The van der Waals surface area contributed by atoms with E-state index in [-0.39, 0.29) is 18.2 Å². The van der Waals surface area contributed by atoms with Gasteiger partial charge < -0.3 is 5.11 Å². The van der Waals surface area contributed by atoms with Gasteiger partial charge in [0, 0.05) is 24.5 Å². The first-order valence-electron chi connectivity index (χ1n) is 6.05. The Morgan fingerprint density at radius 2 is 2.11 bits per heavy atom. The number of carbonyl (C=O) groups is 2. The van der Waals surface area contributed by atoms with Crippen molar-refractivity contribution in [1.82, 2.24) is 9.88 Å². The molecule has 1 aromatic heterocycles. The molecule has 1 unspecified atom stereocenters. The number of piperidine rings is 1. The summed E-state index contributed by atoms with van der Waals surface area (Å²) in [6.45, 7) is 1.54. The van der Waals surface area contributed by atoms with Crippen molar-refractivity contribution < 1.29 is 14.7 Å². The Hall–Kier alpha value is -1.75. The second-order valence-corrected chi connectivity index (χ2v) is 4.57. The summed E-state index contributed by atoms with van der Waals surface area (Å²) in [6, 6.07) is 3.36. The van der Waals surface area contributed by atoms with E-state index in [1.54, 1.807) is 24.5 Å². The second kappa shape index (κ2) is 5.73. The molecule has 96 valence electrons. The van der Waals surface area contributed by atoms with E-state index in [4.69, 9.17) is 5.11 Å². The number of likely N-dealkylation sites (tertiary alicyclic amines) is 1. The Labute approximate surface area is 105 Å². The van der Waals surface area contributed by atoms with E-state index in [0.29, 0.717) is 18.5 Å². The molecule has 0 bridgehead atoms. The molecule has 0 saturated carbocycles. The fraction of sp³-hybridized carbons (Fsp3) is 0.462. The molecular weight excluding hydrogens is 232 g/mol. The standard InChI is InChI=1S/C13H16N2O3/c16-12(10-3-5-14-6-4-10)9-15-7-1-2-11(8-15)13(17)18/h3-6,11H,1-2,7-9H2,(H,17,18). The number of hydrogen-bond donors (Lipinski definition) is 1. The number of carbonyl (C=O) groups excluding carboxylic acids is 1. The summed E-state index contributed by atoms with van der Waals surface area (Å²) in [4.78, 5) is 28.7. The maximum atomic E-state index is 12.0. The van der Waals surface area contributed by atoms with E-state index in [9.17, 15) is 9.59 Å². The predicted octanol–water partition coefficient (Wildman–Crippen LogP) is 1.06. The normalized spacial score (nSPS) is 20.6. The average Bonchev–Trinajstić information content (AvgIpc) is 2.40. The summed E-state index contributed by atoms with van der Waals surface area (Å²) in [6.07, 6.45) is 4.71. The minimum Gasteiger partial charge on any atom is -0.481 e. The van der Waals surface area contributed by atoms with E-state index in [1.165, 1.54) is 0 Å². The van der Waals surface area contributed by atoms with Crippen molar-refractivity contribution in [1.29, 1.82) is 0 Å². The van der Waals surface area contributed by atoms with Crippen molar-refractivity contribution in [2.75, 3.05) is 19.6 Å². The van der Waals surface area contributed by atoms with E-state index >= 15 is 0 Å². The summed E-state index contributed by atoms with van der Waals surface area (Å²) in [5, 5.41) is 8.99. The third kappa shape index (κ3) is 3.13. The SMILES string of the molecule is O=C(CN1CCCC(C(=O)O)C1)c1ccncc1. The monoisotopic (exact) mass is 248 g/mol. The minimum absolute atomic E-state index is 0.0171. The molecule has 1 saturated heterocycles. The van der Waals surface area contributed by atoms with Crippen LogP contribution in [-0.2, 0) is 4.79 Å². The molecule has 1 N–H and O–H groups in total. The van der Waals surface area contributed by atoms with E-state index in [1.807, 2.05) is 4.90 Å². The van der Waals surface area contributed by atoms with Crippen LogP contribution in [0.25, 0.3) is 0 Å². The smallest absolute Gasteiger partial charge is 0.307 e. The molecule has 0 amide bonds. The van der Waals surface area contributed by atoms with Gasteiger partial charge >= 0.3 is 5.97 Å². The fourth-order valence-electron chi connectivity index (χ4n) is 2.23. The molecule has 1 fully saturated rings. The minimum atomic E-state index is -0.768. The highest BCUT2D eigenvalue weighted by Crippen LogP contribution is 2.16. The van der Waals surface area contributed by atoms with Crippen molar-refractivity contribution in [3.8, 4) is 0 Å². The zero-order valence-electron chi connectivity index (χ0n) is 10.1. The number of rotatable bonds is 4. The van der Waals surface area contributed by atoms with Crippen LogP contribution in [0.1, 0.15) is 23.2 Å². The lowest BCUT2D eigenvalue weighted by Crippen LogP contribution is -2.41. The highest BCUT2D eigenvalue weighted by atomic mass is 16.4. The third-order valence-corrected chi connectivity index (χ3v) is 3.22. The summed E-state index contributed by atoms with van der Waals surface area (Å²) in [5.74, 6) is -1.09. The van der Waals surface area contributed by atoms with Gasteiger partial charge in [0.15, 0.2) is 5.78 Å². The molecule has 0 spiro atoms. The quantitative estimate of drug-likeness (QED) is 0.807. The Morgan fingerprint density at radius 3 is 2.78 bits per heavy atom. The Morgan fingerprint density at radius 1 is 1.39 bits per heavy atom. The van der Waals surface area contributed by atoms with Crippen molar-refractivity contribution in [3.63, 3.8) is 0 Å². The summed E-state index contributed by atoms with van der Waals surface area (Å²) in [5.41, 5.74) is 0.627. The number of carboxylic acid groups (broad SMARTS) is 1. The van der Waals surface area contributed by atoms with Crippen molar-refractivity contribution in [2.24, 2.45) is 5.92 Å². The summed E-state index contributed by atoms with van der Waals surface area (Å²) >= 11 is 0. The molecule has 18 heavy (non-hydrogen) atoms. The van der Waals surface area contributed by atoms with Gasteiger partial charge in [0.1, 0.15) is 0 Å². The number of hydrogen-bond acceptors (Lipinski definition) is 4. The fourth-order valence-corrected chi connectivity index (χ4v) is 2.23. The zero-order chi connectivity index (χ0) is 13.0. The molecule has 1 aromatic rings. The predicted molar refractivity (Wildman–Crippen MR) is 65.4 cm³/mol. The lowest BCUT2D eigenvalue weighted by molar-refractivity contribution is -0.143. The lowest BCUT2D eigenvalue weighted by atomic mass is 9.98. The van der Waals surface area contributed by atoms with Crippen LogP contribution in [0.4, 0.5) is 0 Å². The van der Waals surface area contributed by atoms with Crippen LogP contribution in [0.2, 0.25) is 0 Å². The average molecular weight is 248 g/mol. The van der Waals surface area contributed by atoms with Crippen LogP contribution in [0.15, 0.2) is 24.5 Å². The van der Waals surface area contributed by atoms with Gasteiger partial charge in [-0.3, -0.25) is 19.5 Å². The molecule has 0 radical (unpaired) electrons. The number of aliphatic carboxylic acids is 1. The van der Waals surface area contributed by atoms with Crippen LogP contribution < -0.4 is 0 Å². The second-order valence-electron chi connectivity index (χ2n) is 4.57. The molecule has 0 aromatic carbocycles. The Bertz CT molecular complexity index is 433. The van der Waals surface area contributed by atoms with Gasteiger partial charge in [-0.2, -0.15) is 0 Å². The van der Waals surface area contributed by atoms with Crippen LogP contribution in [0.3, 0.4) is 0 Å². The van der Waals surface area contributed by atoms with Gasteiger partial charge in [-0.15, -0.1) is 0 Å². The molecule has 0 aliphatic carbocycles. The number of nitrogens with zero attached hydrogens (tertiary/aromatic N) is 2. The summed E-state index contributed by atoms with van der Waals surface area (Å²) in [7, 11) is 0. The van der Waals surface area contributed by atoms with Gasteiger partial charge in [-0.1, -0.05) is 0 Å². The van der Waals surface area contributed by atoms with E-state index < -0.39 is 5.97 Å². The molecule has 1 atom stereocenters. The molecule has 2 rings (SSSR count). The first-order chi connectivity index (χ1) is 8.66. The maximum Gasteiger partial charge on any atom is 0.307 e. The zero-order valence-corrected chi connectivity index (χ0v) is 10.1. The van der Waals surface area contributed by atoms with E-state index in [0.717, 1.165) is 13.0 Å². The van der Waals surface area contributed by atoms with Gasteiger partial charge in [-0.05, 0) is 31.5 Å². The largest absolute Gasteiger partial charge is 0.481 e. The van der Waals surface area contributed by atoms with Crippen LogP contribution in [0.5, 0.6) is 0 Å². The number of Topliss-reactive ketones (excluding diaryl/α,β-unsaturated/α-hetero) is 1. The lowest BCUT2D eigenvalue weighted by Gasteiger charge is -2.29. The van der Waals surface area contributed by atoms with Crippen LogP contribution >= 0.6 is 0 Å². The number of ketones is 1. The third-order valence-electron chi connectivity index (χ3n) is 3.22. The number of aromatic nitrogens is 1. The van der Waals surface area contributed by atoms with E-state index in [2.05, 4.69) is 4.98 Å². The molecule has 1 aliphatic rings. The Kier molecular flexibility index (Phi) is 4.04. The molecule has 2 heterocycles. The number of pyridine rings is 1. The van der Waals surface area contributed by atoms with Gasteiger partial charge in [0.25, 0.3) is 0 Å². The van der Waals surface area contributed by atoms with Crippen molar-refractivity contribution >= 4 is 11.8 Å². The molecule has 5 nitrogen and oxygen atoms in total. The highest BCUT2D eigenvalue weighted by molar-refractivity contribution is 5.97. The topological polar surface area (TPSA) is 70.5 Å². The van der Waals surface area contributed by atoms with Crippen molar-refractivity contribution in [2.45, 2.75) is 12.8 Å². The first-order valence-corrected chi connectivity index (χ1v) is 6.05. The van der Waals surface area contributed by atoms with Crippen molar-refractivity contribution in [3.05, 3.63) is 30.1 Å². The molecular formula is C13H16N2O3. The van der Waals surface area contributed by atoms with Crippen LogP contribution in [0, 0.1) is 5.92 Å². The highest BCUT2D eigenvalue weighted by Gasteiger charge is 2.26. The molecule has 5 heteroatoms. The maximum absolute atomic E-state index is 12.0. The first kappa shape index (κ1) is 12.7. The van der Waals surface area contributed by atoms with Gasteiger partial charge in [0.2, 0.25) is 0 Å². The number of carboxylic acids is 1. The van der Waals surface area contributed by atoms with Gasteiger partial charge in [0.05, 0.1) is 12.5 Å².